The fourth-order valence-corrected chi connectivity index (χ4v) is 5.03. The van der Waals surface area contributed by atoms with Crippen LogP contribution in [-0.2, 0) is 5.41 Å². The van der Waals surface area contributed by atoms with Crippen molar-refractivity contribution < 1.29 is 0 Å². The molecule has 1 nitrogen and oxygen atoms in total. The summed E-state index contributed by atoms with van der Waals surface area (Å²) in [6, 6.07) is 12.7. The maximum Gasteiger partial charge on any atom is 0.0832 e. The topological polar surface area (TPSA) is 3.24 Å². The van der Waals surface area contributed by atoms with Crippen LogP contribution in [0.3, 0.4) is 0 Å². The van der Waals surface area contributed by atoms with Crippen molar-refractivity contribution in [1.82, 2.24) is 0 Å². The van der Waals surface area contributed by atoms with E-state index < -0.39 is 0 Å². The summed E-state index contributed by atoms with van der Waals surface area (Å²) < 4.78 is 0. The molecule has 34 heavy (non-hydrogen) atoms. The summed E-state index contributed by atoms with van der Waals surface area (Å²) in [5.41, 5.74) is 7.79. The second-order valence-electron chi connectivity index (χ2n) is 10.9. The normalized spacial score (nSPS) is 12.4. The van der Waals surface area contributed by atoms with Gasteiger partial charge in [-0.2, -0.15) is 0 Å². The summed E-state index contributed by atoms with van der Waals surface area (Å²) >= 11 is 15.0. The molecule has 180 valence electrons. The third kappa shape index (κ3) is 5.79. The zero-order valence-electron chi connectivity index (χ0n) is 21.5. The van der Waals surface area contributed by atoms with E-state index in [1.807, 2.05) is 13.0 Å². The first-order valence-electron chi connectivity index (χ1n) is 11.5. The van der Waals surface area contributed by atoms with Crippen LogP contribution in [0.15, 0.2) is 60.0 Å². The van der Waals surface area contributed by atoms with Gasteiger partial charge in [0.2, 0.25) is 0 Å². The minimum atomic E-state index is 0.0389. The van der Waals surface area contributed by atoms with Gasteiger partial charge in [-0.25, -0.2) is 0 Å². The number of nitrogens with zero attached hydrogens (tertiary/aromatic N) is 1. The van der Waals surface area contributed by atoms with Crippen LogP contribution in [0, 0.1) is 19.3 Å². The standard InChI is InChI=1S/C30H35Cl2NS/c1-19-16-24(31)28(32)25(17-19)33(23-13-11-22(12-14-23)30(7,8)9)26-18-34-27(21(26)3)15-10-20(2)29(4,5)6/h10-18H,2H2,1,3-9H3/b15-10-. The number of benzene rings is 2. The first-order valence-corrected chi connectivity index (χ1v) is 13.2. The number of aryl methyl sites for hydroxylation is 1. The van der Waals surface area contributed by atoms with Crippen molar-refractivity contribution in [1.29, 1.82) is 0 Å². The van der Waals surface area contributed by atoms with E-state index in [-0.39, 0.29) is 10.8 Å². The zero-order valence-corrected chi connectivity index (χ0v) is 23.8. The number of allylic oxidation sites excluding steroid dienone is 2. The lowest BCUT2D eigenvalue weighted by molar-refractivity contribution is 0.519. The summed E-state index contributed by atoms with van der Waals surface area (Å²) in [6.45, 7) is 21.7. The summed E-state index contributed by atoms with van der Waals surface area (Å²) in [6.07, 6.45) is 4.30. The molecule has 0 saturated carbocycles. The van der Waals surface area contributed by atoms with Crippen LogP contribution in [0.5, 0.6) is 0 Å². The van der Waals surface area contributed by atoms with Gasteiger partial charge in [-0.15, -0.1) is 11.3 Å². The van der Waals surface area contributed by atoms with E-state index in [0.717, 1.165) is 28.2 Å². The van der Waals surface area contributed by atoms with E-state index in [4.69, 9.17) is 23.2 Å². The SMILES string of the molecule is C=C(/C=C\c1scc(N(c2ccc(C(C)(C)C)cc2)c2cc(C)cc(Cl)c2Cl)c1C)C(C)(C)C. The minimum Gasteiger partial charge on any atom is -0.308 e. The number of halogens is 2. The van der Waals surface area contributed by atoms with Crippen LogP contribution in [0.2, 0.25) is 10.0 Å². The minimum absolute atomic E-state index is 0.0389. The van der Waals surface area contributed by atoms with Crippen molar-refractivity contribution in [2.24, 2.45) is 5.41 Å². The van der Waals surface area contributed by atoms with Crippen molar-refractivity contribution in [3.63, 3.8) is 0 Å². The molecule has 0 N–H and O–H groups in total. The predicted molar refractivity (Wildman–Crippen MR) is 155 cm³/mol. The van der Waals surface area contributed by atoms with Gasteiger partial charge in [-0.05, 0) is 77.3 Å². The summed E-state index contributed by atoms with van der Waals surface area (Å²) in [7, 11) is 0. The summed E-state index contributed by atoms with van der Waals surface area (Å²) in [5, 5.41) is 3.30. The van der Waals surface area contributed by atoms with Gasteiger partial charge in [0.1, 0.15) is 0 Å². The summed E-state index contributed by atoms with van der Waals surface area (Å²) in [4.78, 5) is 3.42. The Balaban J connectivity index is 2.16. The molecule has 1 aromatic heterocycles. The molecule has 0 fully saturated rings. The highest BCUT2D eigenvalue weighted by Crippen LogP contribution is 2.46. The van der Waals surface area contributed by atoms with Crippen LogP contribution < -0.4 is 4.90 Å². The van der Waals surface area contributed by atoms with Crippen LogP contribution in [0.1, 0.15) is 63.1 Å². The molecule has 2 aromatic carbocycles. The van der Waals surface area contributed by atoms with Crippen molar-refractivity contribution in [3.05, 3.63) is 91.6 Å². The molecule has 0 atom stereocenters. The smallest absolute Gasteiger partial charge is 0.0832 e. The van der Waals surface area contributed by atoms with Gasteiger partial charge in [0, 0.05) is 15.9 Å². The van der Waals surface area contributed by atoms with Gasteiger partial charge in [0.05, 0.1) is 21.4 Å². The Morgan fingerprint density at radius 1 is 0.941 bits per heavy atom. The molecule has 0 bridgehead atoms. The van der Waals surface area contributed by atoms with Crippen LogP contribution in [0.4, 0.5) is 17.1 Å². The van der Waals surface area contributed by atoms with E-state index in [0.29, 0.717) is 10.0 Å². The zero-order chi connectivity index (χ0) is 25.4. The highest BCUT2D eigenvalue weighted by atomic mass is 35.5. The quantitative estimate of drug-likeness (QED) is 0.307. The van der Waals surface area contributed by atoms with Crippen LogP contribution in [-0.4, -0.2) is 0 Å². The van der Waals surface area contributed by atoms with Gasteiger partial charge in [-0.3, -0.25) is 0 Å². The van der Waals surface area contributed by atoms with Crippen molar-refractivity contribution in [2.75, 3.05) is 4.90 Å². The molecule has 3 rings (SSSR count). The second-order valence-corrected chi connectivity index (χ2v) is 12.6. The number of hydrogen-bond donors (Lipinski definition) is 0. The van der Waals surface area contributed by atoms with Crippen molar-refractivity contribution in [3.8, 4) is 0 Å². The van der Waals surface area contributed by atoms with Crippen LogP contribution in [0.25, 0.3) is 6.08 Å². The first kappa shape index (κ1) is 26.6. The van der Waals surface area contributed by atoms with Gasteiger partial charge in [0.25, 0.3) is 0 Å². The number of thiophene rings is 1. The molecule has 0 amide bonds. The van der Waals surface area contributed by atoms with Crippen LogP contribution >= 0.6 is 34.5 Å². The Morgan fingerprint density at radius 2 is 1.56 bits per heavy atom. The van der Waals surface area contributed by atoms with E-state index >= 15 is 0 Å². The van der Waals surface area contributed by atoms with E-state index in [1.165, 1.54) is 16.0 Å². The molecule has 4 heteroatoms. The molecule has 0 radical (unpaired) electrons. The maximum atomic E-state index is 6.78. The molecule has 0 spiro atoms. The lowest BCUT2D eigenvalue weighted by Gasteiger charge is -2.28. The van der Waals surface area contributed by atoms with Crippen molar-refractivity contribution in [2.45, 2.75) is 60.8 Å². The molecular formula is C30H35Cl2NS. The third-order valence-corrected chi connectivity index (χ3v) is 7.91. The Labute approximate surface area is 219 Å². The lowest BCUT2D eigenvalue weighted by atomic mass is 9.87. The molecule has 0 aliphatic rings. The lowest BCUT2D eigenvalue weighted by Crippen LogP contribution is -2.14. The van der Waals surface area contributed by atoms with E-state index in [1.54, 1.807) is 11.3 Å². The molecule has 3 aromatic rings. The fraction of sp³-hybridized carbons (Fsp3) is 0.333. The molecule has 1 heterocycles. The Kier molecular flexibility index (Phi) is 7.77. The largest absolute Gasteiger partial charge is 0.308 e. The maximum absolute atomic E-state index is 6.78. The molecule has 0 aliphatic heterocycles. The molecular weight excluding hydrogens is 477 g/mol. The number of rotatable bonds is 5. The third-order valence-electron chi connectivity index (χ3n) is 6.08. The monoisotopic (exact) mass is 511 g/mol. The Hall–Kier alpha value is -2.00. The van der Waals surface area contributed by atoms with Gasteiger partial charge in [0.15, 0.2) is 0 Å². The first-order chi connectivity index (χ1) is 15.7. The number of hydrogen-bond acceptors (Lipinski definition) is 2. The molecule has 0 unspecified atom stereocenters. The fourth-order valence-electron chi connectivity index (χ4n) is 3.62. The molecule has 0 saturated heterocycles. The highest BCUT2D eigenvalue weighted by Gasteiger charge is 2.22. The predicted octanol–water partition coefficient (Wildman–Crippen LogP) is 11.1. The average Bonchev–Trinajstić information content (AvgIpc) is 3.09. The average molecular weight is 513 g/mol. The Morgan fingerprint density at radius 3 is 2.12 bits per heavy atom. The van der Waals surface area contributed by atoms with Crippen molar-refractivity contribution >= 4 is 57.7 Å². The van der Waals surface area contributed by atoms with Gasteiger partial charge in [-0.1, -0.05) is 89.5 Å². The molecule has 0 aliphatic carbocycles. The van der Waals surface area contributed by atoms with Gasteiger partial charge >= 0.3 is 0 Å². The van der Waals surface area contributed by atoms with Gasteiger partial charge < -0.3 is 4.90 Å². The second kappa shape index (κ2) is 9.93. The summed E-state index contributed by atoms with van der Waals surface area (Å²) in [5.74, 6) is 0. The highest BCUT2D eigenvalue weighted by molar-refractivity contribution is 7.11. The number of anilines is 3. The van der Waals surface area contributed by atoms with E-state index in [9.17, 15) is 0 Å². The Bertz CT molecular complexity index is 1220. The van der Waals surface area contributed by atoms with E-state index in [2.05, 4.69) is 108 Å².